The van der Waals surface area contributed by atoms with Crippen LogP contribution < -0.4 is 15.8 Å². The lowest BCUT2D eigenvalue weighted by molar-refractivity contribution is -0.149. The molecule has 3 saturated carbocycles. The number of fused-ring (bicyclic) bond motifs is 3. The van der Waals surface area contributed by atoms with Gasteiger partial charge in [0.15, 0.2) is 0 Å². The Bertz CT molecular complexity index is 884. The third-order valence-corrected chi connectivity index (χ3v) is 8.36. The number of nitrogens with one attached hydrogen (secondary N) is 1. The van der Waals surface area contributed by atoms with Crippen LogP contribution in [0.1, 0.15) is 56.9 Å². The lowest BCUT2D eigenvalue weighted by Crippen LogP contribution is -2.55. The van der Waals surface area contributed by atoms with Crippen molar-refractivity contribution < 1.29 is 27.1 Å². The van der Waals surface area contributed by atoms with E-state index in [4.69, 9.17) is 10.5 Å². The molecule has 9 heteroatoms. The maximum Gasteiger partial charge on any atom is 0.401 e. The van der Waals surface area contributed by atoms with Crippen LogP contribution in [0.25, 0.3) is 0 Å². The minimum Gasteiger partial charge on any atom is -0.489 e. The standard InChI is InChI=1S/C26H35F4N3O2/c27-15-19(16-31)17-35-22-3-1-20(2-4-22)24-7-10-25(11-8-24,12-9-24)23(34)32-21-5-13-33(14-6-21)18-26(28,29)30/h1-4,15,21H,5-14,16-18,31H2,(H,32,34)/b19-15+. The number of rotatable bonds is 8. The Kier molecular flexibility index (Phi) is 7.76. The molecule has 1 aliphatic heterocycles. The molecule has 0 radical (unpaired) electrons. The molecule has 1 aromatic rings. The van der Waals surface area contributed by atoms with Crippen LogP contribution in [0.2, 0.25) is 0 Å². The average Bonchev–Trinajstić information content (AvgIpc) is 2.86. The number of hydrogen-bond acceptors (Lipinski definition) is 4. The SMILES string of the molecule is NC/C(=C\F)COc1ccc(C23CCC(C(=O)NC4CCN(CC(F)(F)F)CC4)(CC2)CC3)cc1. The summed E-state index contributed by atoms with van der Waals surface area (Å²) in [7, 11) is 0. The number of benzene rings is 1. The molecule has 1 saturated heterocycles. The van der Waals surface area contributed by atoms with Gasteiger partial charge in [0, 0.05) is 36.7 Å². The summed E-state index contributed by atoms with van der Waals surface area (Å²) in [5.41, 5.74) is 6.81. The highest BCUT2D eigenvalue weighted by atomic mass is 19.4. The first-order chi connectivity index (χ1) is 16.7. The Hall–Kier alpha value is -2.13. The van der Waals surface area contributed by atoms with Crippen LogP contribution in [-0.2, 0) is 10.2 Å². The fourth-order valence-electron chi connectivity index (χ4n) is 6.00. The van der Waals surface area contributed by atoms with Gasteiger partial charge in [-0.15, -0.1) is 0 Å². The second-order valence-corrected chi connectivity index (χ2v) is 10.5. The summed E-state index contributed by atoms with van der Waals surface area (Å²) in [6.07, 6.45) is 2.71. The number of nitrogens with zero attached hydrogens (tertiary/aromatic N) is 1. The van der Waals surface area contributed by atoms with E-state index in [1.807, 2.05) is 12.1 Å². The molecule has 194 valence electrons. The van der Waals surface area contributed by atoms with Crippen molar-refractivity contribution in [3.63, 3.8) is 0 Å². The minimum atomic E-state index is -4.18. The fourth-order valence-corrected chi connectivity index (χ4v) is 6.00. The molecule has 0 atom stereocenters. The van der Waals surface area contributed by atoms with E-state index < -0.39 is 12.7 Å². The highest BCUT2D eigenvalue weighted by molar-refractivity contribution is 5.83. The van der Waals surface area contributed by atoms with Gasteiger partial charge in [-0.25, -0.2) is 4.39 Å². The first-order valence-electron chi connectivity index (χ1n) is 12.5. The Balaban J connectivity index is 1.29. The van der Waals surface area contributed by atoms with E-state index in [-0.39, 0.29) is 35.9 Å². The quantitative estimate of drug-likeness (QED) is 0.515. The van der Waals surface area contributed by atoms with Crippen molar-refractivity contribution in [1.82, 2.24) is 10.2 Å². The van der Waals surface area contributed by atoms with Crippen LogP contribution in [0.15, 0.2) is 36.2 Å². The Morgan fingerprint density at radius 2 is 1.69 bits per heavy atom. The lowest BCUT2D eigenvalue weighted by atomic mass is 9.51. The van der Waals surface area contributed by atoms with Crippen molar-refractivity contribution in [2.75, 3.05) is 32.8 Å². The van der Waals surface area contributed by atoms with Gasteiger partial charge in [0.1, 0.15) is 12.4 Å². The van der Waals surface area contributed by atoms with Crippen molar-refractivity contribution in [3.05, 3.63) is 41.7 Å². The van der Waals surface area contributed by atoms with Crippen LogP contribution in [-0.4, -0.2) is 55.8 Å². The molecular formula is C26H35F4N3O2. The molecule has 4 aliphatic rings. The number of nitrogens with two attached hydrogens (primary N) is 1. The number of halogens is 4. The van der Waals surface area contributed by atoms with Crippen LogP contribution >= 0.6 is 0 Å². The van der Waals surface area contributed by atoms with E-state index in [0.717, 1.165) is 38.5 Å². The number of ether oxygens (including phenoxy) is 1. The number of carbonyl (C=O) groups is 1. The number of piperidine rings is 1. The van der Waals surface area contributed by atoms with Gasteiger partial charge in [-0.1, -0.05) is 12.1 Å². The second kappa shape index (κ2) is 10.5. The van der Waals surface area contributed by atoms with Gasteiger partial charge in [-0.3, -0.25) is 9.69 Å². The Morgan fingerprint density at radius 1 is 1.09 bits per heavy atom. The number of amides is 1. The number of likely N-dealkylation sites (tertiary alicyclic amines) is 1. The molecule has 1 heterocycles. The molecule has 5 nitrogen and oxygen atoms in total. The van der Waals surface area contributed by atoms with Gasteiger partial charge < -0.3 is 15.8 Å². The van der Waals surface area contributed by atoms with E-state index in [0.29, 0.717) is 43.6 Å². The third kappa shape index (κ3) is 6.00. The van der Waals surface area contributed by atoms with Gasteiger partial charge in [-0.2, -0.15) is 13.2 Å². The van der Waals surface area contributed by atoms with Gasteiger partial charge >= 0.3 is 6.18 Å². The largest absolute Gasteiger partial charge is 0.489 e. The molecule has 1 aromatic carbocycles. The molecule has 0 spiro atoms. The van der Waals surface area contributed by atoms with Gasteiger partial charge in [0.25, 0.3) is 0 Å². The first kappa shape index (κ1) is 25.9. The van der Waals surface area contributed by atoms with Crippen molar-refractivity contribution in [2.24, 2.45) is 11.1 Å². The predicted octanol–water partition coefficient (Wildman–Crippen LogP) is 4.61. The minimum absolute atomic E-state index is 0.0467. The predicted molar refractivity (Wildman–Crippen MR) is 126 cm³/mol. The normalized spacial score (nSPS) is 28.2. The molecule has 4 fully saturated rings. The zero-order valence-electron chi connectivity index (χ0n) is 20.0. The third-order valence-electron chi connectivity index (χ3n) is 8.36. The average molecular weight is 498 g/mol. The number of hydrogen-bond donors (Lipinski definition) is 2. The molecule has 3 N–H and O–H groups in total. The van der Waals surface area contributed by atoms with E-state index >= 15 is 0 Å². The first-order valence-corrected chi connectivity index (χ1v) is 12.5. The summed E-state index contributed by atoms with van der Waals surface area (Å²) in [6.45, 7) is 0.0761. The molecule has 2 bridgehead atoms. The monoisotopic (exact) mass is 497 g/mol. The highest BCUT2D eigenvalue weighted by Gasteiger charge is 2.53. The van der Waals surface area contributed by atoms with Crippen molar-refractivity contribution >= 4 is 5.91 Å². The smallest absolute Gasteiger partial charge is 0.401 e. The second-order valence-electron chi connectivity index (χ2n) is 10.5. The molecule has 0 unspecified atom stereocenters. The van der Waals surface area contributed by atoms with E-state index in [9.17, 15) is 22.4 Å². The molecule has 5 rings (SSSR count). The molecule has 3 aliphatic carbocycles. The molecular weight excluding hydrogens is 462 g/mol. The van der Waals surface area contributed by atoms with Crippen molar-refractivity contribution in [2.45, 2.75) is 69.0 Å². The number of alkyl halides is 3. The Morgan fingerprint density at radius 3 is 2.20 bits per heavy atom. The lowest BCUT2D eigenvalue weighted by Gasteiger charge is -2.53. The maximum absolute atomic E-state index is 13.3. The summed E-state index contributed by atoms with van der Waals surface area (Å²) < 4.78 is 56.1. The van der Waals surface area contributed by atoms with Crippen LogP contribution in [0.5, 0.6) is 5.75 Å². The number of carbonyl (C=O) groups excluding carboxylic acids is 1. The van der Waals surface area contributed by atoms with E-state index in [1.165, 1.54) is 10.5 Å². The summed E-state index contributed by atoms with van der Waals surface area (Å²) >= 11 is 0. The maximum atomic E-state index is 13.3. The topological polar surface area (TPSA) is 67.6 Å². The van der Waals surface area contributed by atoms with E-state index in [2.05, 4.69) is 17.4 Å². The van der Waals surface area contributed by atoms with Crippen LogP contribution in [0, 0.1) is 5.41 Å². The summed E-state index contributed by atoms with van der Waals surface area (Å²) in [6, 6.07) is 7.91. The molecule has 35 heavy (non-hydrogen) atoms. The van der Waals surface area contributed by atoms with Gasteiger partial charge in [0.2, 0.25) is 5.91 Å². The van der Waals surface area contributed by atoms with Crippen LogP contribution in [0.3, 0.4) is 0 Å². The van der Waals surface area contributed by atoms with Gasteiger partial charge in [0.05, 0.1) is 12.9 Å². The zero-order valence-corrected chi connectivity index (χ0v) is 20.0. The fraction of sp³-hybridized carbons (Fsp3) is 0.654. The summed E-state index contributed by atoms with van der Waals surface area (Å²) in [5.74, 6) is 0.750. The van der Waals surface area contributed by atoms with Crippen LogP contribution in [0.4, 0.5) is 17.6 Å². The van der Waals surface area contributed by atoms with Crippen molar-refractivity contribution in [3.8, 4) is 5.75 Å². The zero-order chi connectivity index (χ0) is 25.1. The summed E-state index contributed by atoms with van der Waals surface area (Å²) in [4.78, 5) is 14.7. The molecule has 0 aromatic heterocycles. The van der Waals surface area contributed by atoms with E-state index in [1.54, 1.807) is 0 Å². The highest BCUT2D eigenvalue weighted by Crippen LogP contribution is 2.58. The van der Waals surface area contributed by atoms with Crippen molar-refractivity contribution in [1.29, 1.82) is 0 Å². The Labute approximate surface area is 204 Å². The molecule has 1 amide bonds. The summed E-state index contributed by atoms with van der Waals surface area (Å²) in [5, 5.41) is 3.18. The van der Waals surface area contributed by atoms with Gasteiger partial charge in [-0.05, 0) is 74.5 Å².